The van der Waals surface area contributed by atoms with Crippen molar-refractivity contribution in [2.45, 2.75) is 59.2 Å². The van der Waals surface area contributed by atoms with Crippen LogP contribution in [0.25, 0.3) is 0 Å². The Labute approximate surface area is 160 Å². The number of carbonyl (C=O) groups is 3. The van der Waals surface area contributed by atoms with Crippen molar-refractivity contribution in [1.29, 1.82) is 0 Å². The van der Waals surface area contributed by atoms with Gasteiger partial charge in [0, 0.05) is 5.41 Å². The largest absolute Gasteiger partial charge is 0.459 e. The van der Waals surface area contributed by atoms with E-state index in [-0.39, 0.29) is 12.2 Å². The molecule has 0 aromatic rings. The Morgan fingerprint density at radius 1 is 0.889 bits per heavy atom. The van der Waals surface area contributed by atoms with E-state index in [4.69, 9.17) is 9.47 Å². The van der Waals surface area contributed by atoms with E-state index >= 15 is 0 Å². The molecule has 5 nitrogen and oxygen atoms in total. The quantitative estimate of drug-likeness (QED) is 0.544. The van der Waals surface area contributed by atoms with E-state index < -0.39 is 34.0 Å². The van der Waals surface area contributed by atoms with Crippen molar-refractivity contribution in [2.24, 2.45) is 10.8 Å². The molecule has 0 atom stereocenters. The predicted molar refractivity (Wildman–Crippen MR) is 103 cm³/mol. The number of hydrogen-bond donors (Lipinski definition) is 0. The lowest BCUT2D eigenvalue weighted by Crippen LogP contribution is -2.49. The van der Waals surface area contributed by atoms with Crippen LogP contribution in [0.1, 0.15) is 48.0 Å². The van der Waals surface area contributed by atoms with Gasteiger partial charge >= 0.3 is 11.9 Å². The number of esters is 2. The smallest absolute Gasteiger partial charge is 0.328 e. The van der Waals surface area contributed by atoms with E-state index in [1.807, 2.05) is 0 Å². The first-order chi connectivity index (χ1) is 12.2. The highest BCUT2D eigenvalue weighted by Gasteiger charge is 2.55. The first-order valence-electron chi connectivity index (χ1n) is 8.97. The maximum absolute atomic E-state index is 13.1. The fourth-order valence-electron chi connectivity index (χ4n) is 3.04. The van der Waals surface area contributed by atoms with Gasteiger partial charge in [0.1, 0.15) is 11.2 Å². The van der Waals surface area contributed by atoms with Crippen LogP contribution in [0.4, 0.5) is 0 Å². The topological polar surface area (TPSA) is 69.7 Å². The zero-order valence-corrected chi connectivity index (χ0v) is 16.9. The summed E-state index contributed by atoms with van der Waals surface area (Å²) in [7, 11) is 0. The van der Waals surface area contributed by atoms with Crippen LogP contribution in [0.3, 0.4) is 0 Å². The van der Waals surface area contributed by atoms with Gasteiger partial charge < -0.3 is 9.47 Å². The molecule has 0 aromatic carbocycles. The zero-order chi connectivity index (χ0) is 20.7. The van der Waals surface area contributed by atoms with Gasteiger partial charge in [-0.25, -0.2) is 0 Å². The molecule has 0 amide bonds. The number of allylic oxidation sites excluding steroid dienone is 6. The number of carbonyl (C=O) groups excluding carboxylic acids is 3. The van der Waals surface area contributed by atoms with Crippen molar-refractivity contribution in [3.05, 3.63) is 48.6 Å². The van der Waals surface area contributed by atoms with Crippen LogP contribution >= 0.6 is 0 Å². The molecule has 0 N–H and O–H groups in total. The maximum Gasteiger partial charge on any atom is 0.328 e. The molecule has 2 aliphatic rings. The first-order valence-corrected chi connectivity index (χ1v) is 8.97. The third-order valence-corrected chi connectivity index (χ3v) is 4.35. The van der Waals surface area contributed by atoms with E-state index in [0.717, 1.165) is 0 Å². The molecule has 146 valence electrons. The summed E-state index contributed by atoms with van der Waals surface area (Å²) >= 11 is 0. The Morgan fingerprint density at radius 2 is 1.33 bits per heavy atom. The Hall–Kier alpha value is -2.43. The molecule has 0 unspecified atom stereocenters. The maximum atomic E-state index is 13.1. The van der Waals surface area contributed by atoms with Crippen molar-refractivity contribution >= 4 is 17.7 Å². The van der Waals surface area contributed by atoms with Gasteiger partial charge in [-0.15, -0.1) is 0 Å². The molecular formula is C22H28O5. The zero-order valence-electron chi connectivity index (χ0n) is 16.9. The Balaban J connectivity index is 2.55. The summed E-state index contributed by atoms with van der Waals surface area (Å²) in [6, 6.07) is 0. The molecule has 0 bridgehead atoms. The lowest BCUT2D eigenvalue weighted by molar-refractivity contribution is -0.182. The molecule has 0 aliphatic heterocycles. The minimum atomic E-state index is -1.63. The summed E-state index contributed by atoms with van der Waals surface area (Å²) in [6.45, 7) is 14.5. The predicted octanol–water partition coefficient (Wildman–Crippen LogP) is 3.85. The summed E-state index contributed by atoms with van der Waals surface area (Å²) in [5.41, 5.74) is -3.30. The average molecular weight is 372 g/mol. The van der Waals surface area contributed by atoms with Gasteiger partial charge in [-0.1, -0.05) is 30.9 Å². The van der Waals surface area contributed by atoms with Gasteiger partial charge in [0.05, 0.1) is 0 Å². The van der Waals surface area contributed by atoms with Gasteiger partial charge in [-0.2, -0.15) is 0 Å². The van der Waals surface area contributed by atoms with Crippen molar-refractivity contribution in [2.75, 3.05) is 0 Å². The van der Waals surface area contributed by atoms with Crippen LogP contribution in [0.15, 0.2) is 48.6 Å². The van der Waals surface area contributed by atoms with Crippen LogP contribution in [0, 0.1) is 10.8 Å². The van der Waals surface area contributed by atoms with Gasteiger partial charge in [0.2, 0.25) is 0 Å². The van der Waals surface area contributed by atoms with E-state index in [1.54, 1.807) is 59.8 Å². The normalized spacial score (nSPS) is 20.7. The molecule has 0 saturated carbocycles. The minimum Gasteiger partial charge on any atom is -0.459 e. The number of hydrogen-bond acceptors (Lipinski definition) is 5. The van der Waals surface area contributed by atoms with Crippen LogP contribution < -0.4 is 0 Å². The van der Waals surface area contributed by atoms with Crippen molar-refractivity contribution in [1.82, 2.24) is 0 Å². The highest BCUT2D eigenvalue weighted by atomic mass is 16.6. The molecule has 27 heavy (non-hydrogen) atoms. The van der Waals surface area contributed by atoms with Crippen LogP contribution in [0.2, 0.25) is 0 Å². The Kier molecular flexibility index (Phi) is 5.12. The Morgan fingerprint density at radius 3 is 1.74 bits per heavy atom. The van der Waals surface area contributed by atoms with Gasteiger partial charge in [-0.05, 0) is 65.7 Å². The molecule has 0 fully saturated rings. The lowest BCUT2D eigenvalue weighted by atomic mass is 9.62. The molecule has 0 aromatic heterocycles. The van der Waals surface area contributed by atoms with E-state index in [2.05, 4.69) is 6.58 Å². The SMILES string of the molecule is C=C1C=CC(C(=O)OC(C)(C)C)(C(=O)OC(C)(C)C)CC12C=CC(=O)C=C2. The third-order valence-electron chi connectivity index (χ3n) is 4.35. The number of ether oxygens (including phenoxy) is 2. The summed E-state index contributed by atoms with van der Waals surface area (Å²) in [5, 5.41) is 0. The molecule has 0 heterocycles. The Bertz CT molecular complexity index is 722. The molecular weight excluding hydrogens is 344 g/mol. The van der Waals surface area contributed by atoms with Crippen molar-refractivity contribution < 1.29 is 23.9 Å². The van der Waals surface area contributed by atoms with E-state index in [9.17, 15) is 14.4 Å². The lowest BCUT2D eigenvalue weighted by Gasteiger charge is -2.42. The molecule has 2 rings (SSSR count). The molecule has 5 heteroatoms. The van der Waals surface area contributed by atoms with Crippen LogP contribution in [0.5, 0.6) is 0 Å². The van der Waals surface area contributed by atoms with Gasteiger partial charge in [-0.3, -0.25) is 14.4 Å². The van der Waals surface area contributed by atoms with E-state index in [1.165, 1.54) is 18.2 Å². The molecule has 0 saturated heterocycles. The average Bonchev–Trinajstić information content (AvgIpc) is 2.49. The van der Waals surface area contributed by atoms with Crippen LogP contribution in [-0.2, 0) is 23.9 Å². The van der Waals surface area contributed by atoms with Crippen molar-refractivity contribution in [3.8, 4) is 0 Å². The summed E-state index contributed by atoms with van der Waals surface area (Å²) < 4.78 is 11.1. The fourth-order valence-corrected chi connectivity index (χ4v) is 3.04. The number of ketones is 1. The monoisotopic (exact) mass is 372 g/mol. The second-order valence-electron chi connectivity index (χ2n) is 9.12. The summed E-state index contributed by atoms with van der Waals surface area (Å²) in [4.78, 5) is 37.9. The molecule has 1 spiro atoms. The fraction of sp³-hybridized carbons (Fsp3) is 0.500. The highest BCUT2D eigenvalue weighted by molar-refractivity contribution is 6.04. The summed E-state index contributed by atoms with van der Waals surface area (Å²) in [5.74, 6) is -1.50. The van der Waals surface area contributed by atoms with Crippen molar-refractivity contribution in [3.63, 3.8) is 0 Å². The molecule has 2 aliphatic carbocycles. The third kappa shape index (κ3) is 4.46. The second kappa shape index (κ2) is 6.63. The minimum absolute atomic E-state index is 0.0550. The molecule has 0 radical (unpaired) electrons. The van der Waals surface area contributed by atoms with Gasteiger partial charge in [0.25, 0.3) is 0 Å². The highest BCUT2D eigenvalue weighted by Crippen LogP contribution is 2.50. The first kappa shape index (κ1) is 20.9. The van der Waals surface area contributed by atoms with E-state index in [0.29, 0.717) is 5.57 Å². The summed E-state index contributed by atoms with van der Waals surface area (Å²) in [6.07, 6.45) is 9.44. The number of rotatable bonds is 2. The van der Waals surface area contributed by atoms with Gasteiger partial charge in [0.15, 0.2) is 11.2 Å². The van der Waals surface area contributed by atoms with Crippen LogP contribution in [-0.4, -0.2) is 28.9 Å². The second-order valence-corrected chi connectivity index (χ2v) is 9.12. The standard InChI is InChI=1S/C22H28O5/c1-15-8-13-22(17(24)26-19(2,3)4,18(25)27-20(5,6)7)14-21(15)11-9-16(23)10-12-21/h8-13H,1,14H2,2-7H3.